The molecule has 1 aromatic rings. The molecule has 0 aliphatic carbocycles. The molecule has 1 unspecified atom stereocenters. The Balaban J connectivity index is 2.01. The molecule has 2 aliphatic heterocycles. The fourth-order valence-electron chi connectivity index (χ4n) is 5.32. The molecule has 0 aromatic heterocycles. The summed E-state index contributed by atoms with van der Waals surface area (Å²) in [6, 6.07) is 2.17. The minimum absolute atomic E-state index is 0.127. The van der Waals surface area contributed by atoms with E-state index < -0.39 is 59.5 Å². The Morgan fingerprint density at radius 1 is 1.08 bits per heavy atom. The SMILES string of the molecule is C[C@@H](O)C(NC(=O)[C@]1(Cc2cc(Br)cc(Br)c2)CCCN1C(=O)[C@@H]1CCCN1C(=O)[C@@H](N)[C@@H](C)O)C(N)=O. The van der Waals surface area contributed by atoms with Crippen LogP contribution in [0.25, 0.3) is 0 Å². The van der Waals surface area contributed by atoms with Crippen LogP contribution in [0.2, 0.25) is 0 Å². The van der Waals surface area contributed by atoms with E-state index in [2.05, 4.69) is 37.2 Å². The molecule has 0 saturated carbocycles. The molecule has 2 heterocycles. The molecule has 1 aromatic carbocycles. The number of rotatable bonds is 9. The molecule has 13 heteroatoms. The van der Waals surface area contributed by atoms with Crippen molar-refractivity contribution >= 4 is 55.5 Å². The quantitative estimate of drug-likeness (QED) is 0.250. The Labute approximate surface area is 238 Å². The number of halogens is 2. The first-order chi connectivity index (χ1) is 17.8. The van der Waals surface area contributed by atoms with Gasteiger partial charge in [-0.2, -0.15) is 0 Å². The van der Waals surface area contributed by atoms with Crippen molar-refractivity contribution in [1.82, 2.24) is 15.1 Å². The highest BCUT2D eigenvalue weighted by atomic mass is 79.9. The fourth-order valence-corrected chi connectivity index (χ4v) is 6.71. The van der Waals surface area contributed by atoms with E-state index in [1.54, 1.807) is 0 Å². The van der Waals surface area contributed by atoms with Crippen molar-refractivity contribution in [3.05, 3.63) is 32.7 Å². The van der Waals surface area contributed by atoms with Gasteiger partial charge in [0.2, 0.25) is 23.6 Å². The van der Waals surface area contributed by atoms with Crippen LogP contribution in [0.3, 0.4) is 0 Å². The molecule has 2 fully saturated rings. The van der Waals surface area contributed by atoms with Gasteiger partial charge in [0.15, 0.2) is 0 Å². The number of amides is 4. The van der Waals surface area contributed by atoms with Gasteiger partial charge in [-0.1, -0.05) is 31.9 Å². The topological polar surface area (TPSA) is 179 Å². The third kappa shape index (κ3) is 6.39. The molecule has 2 saturated heterocycles. The van der Waals surface area contributed by atoms with Gasteiger partial charge in [-0.3, -0.25) is 19.2 Å². The average Bonchev–Trinajstić information content (AvgIpc) is 3.48. The van der Waals surface area contributed by atoms with Gasteiger partial charge in [0.05, 0.1) is 12.2 Å². The maximum absolute atomic E-state index is 14.0. The number of primary amides is 1. The number of nitrogens with two attached hydrogens (primary N) is 2. The summed E-state index contributed by atoms with van der Waals surface area (Å²) in [5, 5.41) is 22.5. The molecule has 7 N–H and O–H groups in total. The summed E-state index contributed by atoms with van der Waals surface area (Å²) in [7, 11) is 0. The normalized spacial score (nSPS) is 24.6. The van der Waals surface area contributed by atoms with Crippen LogP contribution in [-0.2, 0) is 25.6 Å². The summed E-state index contributed by atoms with van der Waals surface area (Å²) < 4.78 is 1.54. The highest BCUT2D eigenvalue weighted by Crippen LogP contribution is 2.37. The number of aliphatic hydroxyl groups is 2. The number of carbonyl (C=O) groups is 4. The zero-order valence-corrected chi connectivity index (χ0v) is 24.6. The lowest BCUT2D eigenvalue weighted by Crippen LogP contribution is -2.65. The summed E-state index contributed by atoms with van der Waals surface area (Å²) >= 11 is 6.92. The van der Waals surface area contributed by atoms with E-state index in [0.717, 1.165) is 14.5 Å². The Morgan fingerprint density at radius 3 is 2.26 bits per heavy atom. The lowest BCUT2D eigenvalue weighted by Gasteiger charge is -2.41. The van der Waals surface area contributed by atoms with Gasteiger partial charge in [0.25, 0.3) is 0 Å². The average molecular weight is 661 g/mol. The molecule has 2 aliphatic rings. The summed E-state index contributed by atoms with van der Waals surface area (Å²) in [4.78, 5) is 55.8. The van der Waals surface area contributed by atoms with Crippen LogP contribution in [0, 0.1) is 0 Å². The van der Waals surface area contributed by atoms with Gasteiger partial charge >= 0.3 is 0 Å². The second-order valence-corrected chi connectivity index (χ2v) is 12.0. The zero-order chi connectivity index (χ0) is 28.4. The Kier molecular flexibility index (Phi) is 9.96. The van der Waals surface area contributed by atoms with E-state index in [1.807, 2.05) is 18.2 Å². The van der Waals surface area contributed by atoms with Crippen molar-refractivity contribution in [3.8, 4) is 0 Å². The summed E-state index contributed by atoms with van der Waals surface area (Å²) in [5.41, 5.74) is 10.7. The van der Waals surface area contributed by atoms with Gasteiger partial charge in [0, 0.05) is 28.5 Å². The molecule has 3 rings (SSSR count). The lowest BCUT2D eigenvalue weighted by atomic mass is 9.86. The standard InChI is InChI=1S/C25H35Br2N5O6/c1-13(33)19(28)23(37)31-7-3-5-18(31)22(36)32-8-4-6-25(32,12-15-9-16(26)11-17(27)10-15)24(38)30-20(14(2)34)21(29)35/h9-11,13-14,18-20,33-34H,3-8,12,28H2,1-2H3,(H2,29,35)(H,30,38)/t13-,14-,18+,19+,20?,25-/m1/s1. The molecule has 0 spiro atoms. The van der Waals surface area contributed by atoms with Gasteiger partial charge in [-0.15, -0.1) is 0 Å². The van der Waals surface area contributed by atoms with Gasteiger partial charge in [-0.25, -0.2) is 0 Å². The minimum atomic E-state index is -1.40. The second kappa shape index (κ2) is 12.4. The van der Waals surface area contributed by atoms with E-state index in [0.29, 0.717) is 32.2 Å². The third-order valence-electron chi connectivity index (χ3n) is 7.30. The lowest BCUT2D eigenvalue weighted by molar-refractivity contribution is -0.152. The van der Waals surface area contributed by atoms with E-state index in [-0.39, 0.29) is 13.0 Å². The van der Waals surface area contributed by atoms with Crippen LogP contribution >= 0.6 is 31.9 Å². The number of carbonyl (C=O) groups excluding carboxylic acids is 4. The molecule has 38 heavy (non-hydrogen) atoms. The Morgan fingerprint density at radius 2 is 1.71 bits per heavy atom. The van der Waals surface area contributed by atoms with Crippen LogP contribution in [0.4, 0.5) is 0 Å². The Bertz CT molecular complexity index is 1070. The van der Waals surface area contributed by atoms with Crippen LogP contribution in [0.5, 0.6) is 0 Å². The first-order valence-electron chi connectivity index (χ1n) is 12.6. The van der Waals surface area contributed by atoms with E-state index >= 15 is 0 Å². The van der Waals surface area contributed by atoms with E-state index in [4.69, 9.17) is 11.5 Å². The highest BCUT2D eigenvalue weighted by Gasteiger charge is 2.53. The number of hydrogen-bond acceptors (Lipinski definition) is 7. The molecule has 210 valence electrons. The van der Waals surface area contributed by atoms with Gasteiger partial charge in [-0.05, 0) is 63.3 Å². The number of benzene rings is 1. The van der Waals surface area contributed by atoms with E-state index in [9.17, 15) is 29.4 Å². The maximum Gasteiger partial charge on any atom is 0.247 e. The third-order valence-corrected chi connectivity index (χ3v) is 8.21. The monoisotopic (exact) mass is 659 g/mol. The van der Waals surface area contributed by atoms with Crippen LogP contribution in [-0.4, -0.2) is 92.6 Å². The highest BCUT2D eigenvalue weighted by molar-refractivity contribution is 9.11. The van der Waals surface area contributed by atoms with Crippen molar-refractivity contribution in [2.24, 2.45) is 11.5 Å². The molecule has 4 amide bonds. The number of hydrogen-bond donors (Lipinski definition) is 5. The number of nitrogens with zero attached hydrogens (tertiary/aromatic N) is 2. The van der Waals surface area contributed by atoms with Crippen LogP contribution in [0.15, 0.2) is 27.1 Å². The van der Waals surface area contributed by atoms with Crippen molar-refractivity contribution in [1.29, 1.82) is 0 Å². The smallest absolute Gasteiger partial charge is 0.247 e. The number of likely N-dealkylation sites (tertiary alicyclic amines) is 2. The molecule has 6 atom stereocenters. The zero-order valence-electron chi connectivity index (χ0n) is 21.4. The summed E-state index contributed by atoms with van der Waals surface area (Å²) in [6.45, 7) is 3.34. The van der Waals surface area contributed by atoms with Crippen molar-refractivity contribution in [2.45, 2.75) is 81.8 Å². The largest absolute Gasteiger partial charge is 0.391 e. The van der Waals surface area contributed by atoms with Crippen molar-refractivity contribution in [3.63, 3.8) is 0 Å². The molecular formula is C25H35Br2N5O6. The van der Waals surface area contributed by atoms with Crippen LogP contribution in [0.1, 0.15) is 45.1 Å². The predicted molar refractivity (Wildman–Crippen MR) is 146 cm³/mol. The molecule has 11 nitrogen and oxygen atoms in total. The van der Waals surface area contributed by atoms with Crippen molar-refractivity contribution in [2.75, 3.05) is 13.1 Å². The molecule has 0 radical (unpaired) electrons. The first kappa shape index (κ1) is 30.5. The fraction of sp³-hybridized carbons (Fsp3) is 0.600. The predicted octanol–water partition coefficient (Wildman–Crippen LogP) is 0.165. The molecular weight excluding hydrogens is 626 g/mol. The summed E-state index contributed by atoms with van der Waals surface area (Å²) in [5.74, 6) is -2.43. The van der Waals surface area contributed by atoms with Crippen LogP contribution < -0.4 is 16.8 Å². The minimum Gasteiger partial charge on any atom is -0.391 e. The number of nitrogens with one attached hydrogen (secondary N) is 1. The van der Waals surface area contributed by atoms with Gasteiger partial charge < -0.3 is 36.8 Å². The maximum atomic E-state index is 14.0. The summed E-state index contributed by atoms with van der Waals surface area (Å²) in [6.07, 6.45) is -0.425. The Hall–Kier alpha value is -2.06. The molecule has 0 bridgehead atoms. The second-order valence-electron chi connectivity index (χ2n) is 10.1. The van der Waals surface area contributed by atoms with Gasteiger partial charge in [0.1, 0.15) is 23.7 Å². The first-order valence-corrected chi connectivity index (χ1v) is 14.2. The van der Waals surface area contributed by atoms with E-state index in [1.165, 1.54) is 23.6 Å². The number of aliphatic hydroxyl groups excluding tert-OH is 2. The van der Waals surface area contributed by atoms with Crippen molar-refractivity contribution < 1.29 is 29.4 Å².